The Labute approximate surface area is 84.4 Å². The van der Waals surface area contributed by atoms with Crippen molar-refractivity contribution in [3.8, 4) is 0 Å². The van der Waals surface area contributed by atoms with Crippen molar-refractivity contribution in [2.45, 2.75) is 31.9 Å². The molecule has 0 aromatic carbocycles. The number of nitrogens with zero attached hydrogens (tertiary/aromatic N) is 1. The van der Waals surface area contributed by atoms with Crippen molar-refractivity contribution < 1.29 is 9.53 Å². The Hall–Kier alpha value is -0.610. The molecule has 0 aromatic heterocycles. The molecule has 0 bridgehead atoms. The molecule has 1 aliphatic heterocycles. The van der Waals surface area contributed by atoms with Crippen LogP contribution in [0.5, 0.6) is 0 Å². The normalized spacial score (nSPS) is 37.0. The summed E-state index contributed by atoms with van der Waals surface area (Å²) < 4.78 is 5.51. The molecule has 1 amide bonds. The van der Waals surface area contributed by atoms with Crippen molar-refractivity contribution in [2.24, 2.45) is 11.7 Å². The highest BCUT2D eigenvalue weighted by Gasteiger charge is 2.43. The summed E-state index contributed by atoms with van der Waals surface area (Å²) in [6, 6.07) is 0.116. The van der Waals surface area contributed by atoms with Gasteiger partial charge in [-0.25, -0.2) is 0 Å². The third-order valence-corrected chi connectivity index (χ3v) is 3.06. The van der Waals surface area contributed by atoms with Crippen LogP contribution in [0.15, 0.2) is 0 Å². The van der Waals surface area contributed by atoms with Crippen LogP contribution in [0.3, 0.4) is 0 Å². The Morgan fingerprint density at radius 2 is 2.36 bits per heavy atom. The molecule has 0 aromatic rings. The molecule has 3 atom stereocenters. The molecular formula is C10H18N2O2. The maximum atomic E-state index is 11.8. The highest BCUT2D eigenvalue weighted by Crippen LogP contribution is 2.30. The van der Waals surface area contributed by atoms with Gasteiger partial charge in [-0.15, -0.1) is 0 Å². The molecule has 3 unspecified atom stereocenters. The highest BCUT2D eigenvalue weighted by molar-refractivity contribution is 5.82. The molecule has 80 valence electrons. The van der Waals surface area contributed by atoms with Gasteiger partial charge >= 0.3 is 0 Å². The van der Waals surface area contributed by atoms with E-state index < -0.39 is 0 Å². The molecule has 1 saturated carbocycles. The third-order valence-electron chi connectivity index (χ3n) is 3.06. The molecule has 4 heteroatoms. The fourth-order valence-electron chi connectivity index (χ4n) is 1.90. The van der Waals surface area contributed by atoms with E-state index in [0.717, 1.165) is 25.9 Å². The van der Waals surface area contributed by atoms with Crippen molar-refractivity contribution in [1.29, 1.82) is 0 Å². The van der Waals surface area contributed by atoms with E-state index in [1.165, 1.54) is 0 Å². The predicted octanol–water partition coefficient (Wildman–Crippen LogP) is -0.0290. The summed E-state index contributed by atoms with van der Waals surface area (Å²) in [5.74, 6) is 0.338. The van der Waals surface area contributed by atoms with Crippen molar-refractivity contribution in [2.75, 3.05) is 19.7 Å². The zero-order valence-electron chi connectivity index (χ0n) is 8.61. The highest BCUT2D eigenvalue weighted by atomic mass is 16.5. The summed E-state index contributed by atoms with van der Waals surface area (Å²) in [7, 11) is 0. The van der Waals surface area contributed by atoms with Gasteiger partial charge < -0.3 is 15.4 Å². The number of morpholine rings is 1. The van der Waals surface area contributed by atoms with Gasteiger partial charge in [-0.05, 0) is 12.8 Å². The van der Waals surface area contributed by atoms with E-state index in [9.17, 15) is 4.79 Å². The van der Waals surface area contributed by atoms with E-state index in [0.29, 0.717) is 6.61 Å². The number of rotatable bonds is 2. The maximum absolute atomic E-state index is 11.8. The summed E-state index contributed by atoms with van der Waals surface area (Å²) >= 11 is 0. The summed E-state index contributed by atoms with van der Waals surface area (Å²) in [5.41, 5.74) is 5.66. The van der Waals surface area contributed by atoms with Crippen LogP contribution in [0.25, 0.3) is 0 Å². The zero-order chi connectivity index (χ0) is 10.1. The quantitative estimate of drug-likeness (QED) is 0.678. The van der Waals surface area contributed by atoms with Crippen molar-refractivity contribution >= 4 is 5.91 Å². The first-order valence-corrected chi connectivity index (χ1v) is 5.38. The second kappa shape index (κ2) is 3.87. The summed E-state index contributed by atoms with van der Waals surface area (Å²) in [6.07, 6.45) is 2.07. The second-order valence-corrected chi connectivity index (χ2v) is 4.19. The zero-order valence-corrected chi connectivity index (χ0v) is 8.61. The lowest BCUT2D eigenvalue weighted by Gasteiger charge is -2.32. The predicted molar refractivity (Wildman–Crippen MR) is 52.7 cm³/mol. The van der Waals surface area contributed by atoms with Crippen LogP contribution in [-0.2, 0) is 9.53 Å². The van der Waals surface area contributed by atoms with Gasteiger partial charge in [0.05, 0.1) is 18.6 Å². The Bertz CT molecular complexity index is 232. The molecule has 1 saturated heterocycles. The van der Waals surface area contributed by atoms with Crippen LogP contribution in [-0.4, -0.2) is 42.6 Å². The van der Waals surface area contributed by atoms with E-state index in [-0.39, 0.29) is 24.0 Å². The van der Waals surface area contributed by atoms with Gasteiger partial charge in [0.1, 0.15) is 0 Å². The largest absolute Gasteiger partial charge is 0.375 e. The van der Waals surface area contributed by atoms with E-state index in [1.54, 1.807) is 0 Å². The minimum absolute atomic E-state index is 0.102. The molecule has 4 nitrogen and oxygen atoms in total. The number of hydrogen-bond donors (Lipinski definition) is 1. The first-order valence-electron chi connectivity index (χ1n) is 5.38. The van der Waals surface area contributed by atoms with Crippen LogP contribution in [0.2, 0.25) is 0 Å². The fraction of sp³-hybridized carbons (Fsp3) is 0.900. The number of hydrogen-bond acceptors (Lipinski definition) is 3. The maximum Gasteiger partial charge on any atom is 0.227 e. The molecule has 1 aliphatic carbocycles. The molecule has 1 heterocycles. The van der Waals surface area contributed by atoms with Crippen LogP contribution in [0, 0.1) is 5.92 Å². The van der Waals surface area contributed by atoms with E-state index in [4.69, 9.17) is 10.5 Å². The smallest absolute Gasteiger partial charge is 0.227 e. The minimum Gasteiger partial charge on any atom is -0.375 e. The van der Waals surface area contributed by atoms with Crippen molar-refractivity contribution in [1.82, 2.24) is 4.90 Å². The molecular weight excluding hydrogens is 180 g/mol. The lowest BCUT2D eigenvalue weighted by Crippen LogP contribution is -2.46. The average molecular weight is 198 g/mol. The molecule has 14 heavy (non-hydrogen) atoms. The Kier molecular flexibility index (Phi) is 2.74. The number of carbonyl (C=O) groups excluding carboxylic acids is 1. The van der Waals surface area contributed by atoms with Gasteiger partial charge in [-0.1, -0.05) is 6.92 Å². The second-order valence-electron chi connectivity index (χ2n) is 4.19. The van der Waals surface area contributed by atoms with Crippen LogP contribution >= 0.6 is 0 Å². The number of amides is 1. The van der Waals surface area contributed by atoms with Gasteiger partial charge in [0.15, 0.2) is 0 Å². The first-order chi connectivity index (χ1) is 6.72. The van der Waals surface area contributed by atoms with Gasteiger partial charge in [-0.3, -0.25) is 4.79 Å². The molecule has 0 radical (unpaired) electrons. The summed E-state index contributed by atoms with van der Waals surface area (Å²) in [5, 5.41) is 0. The van der Waals surface area contributed by atoms with E-state index in [2.05, 4.69) is 6.92 Å². The van der Waals surface area contributed by atoms with Gasteiger partial charge in [0.2, 0.25) is 5.91 Å². The molecule has 0 spiro atoms. The lowest BCUT2D eigenvalue weighted by atomic mass is 10.2. The Morgan fingerprint density at radius 1 is 1.64 bits per heavy atom. The lowest BCUT2D eigenvalue weighted by molar-refractivity contribution is -0.140. The average Bonchev–Trinajstić information content (AvgIpc) is 2.94. The standard InChI is InChI=1S/C10H18N2O2/c1-2-7-6-12(3-4-14-7)10(13)8-5-9(8)11/h7-9H,2-6,11H2,1H3. The Morgan fingerprint density at radius 3 is 2.93 bits per heavy atom. The fourth-order valence-corrected chi connectivity index (χ4v) is 1.90. The topological polar surface area (TPSA) is 55.6 Å². The van der Waals surface area contributed by atoms with Crippen LogP contribution in [0.1, 0.15) is 19.8 Å². The van der Waals surface area contributed by atoms with Crippen LogP contribution < -0.4 is 5.73 Å². The number of ether oxygens (including phenoxy) is 1. The SMILES string of the molecule is CCC1CN(C(=O)C2CC2N)CCO1. The third kappa shape index (κ3) is 1.91. The van der Waals surface area contributed by atoms with Gasteiger partial charge in [0.25, 0.3) is 0 Å². The molecule has 2 N–H and O–H groups in total. The molecule has 2 rings (SSSR count). The first kappa shape index (κ1) is 9.93. The van der Waals surface area contributed by atoms with Crippen LogP contribution in [0.4, 0.5) is 0 Å². The monoisotopic (exact) mass is 198 g/mol. The van der Waals surface area contributed by atoms with E-state index in [1.807, 2.05) is 4.90 Å². The van der Waals surface area contributed by atoms with Crippen molar-refractivity contribution in [3.63, 3.8) is 0 Å². The molecule has 2 aliphatic rings. The van der Waals surface area contributed by atoms with E-state index >= 15 is 0 Å². The van der Waals surface area contributed by atoms with Crippen molar-refractivity contribution in [3.05, 3.63) is 0 Å². The number of carbonyl (C=O) groups is 1. The minimum atomic E-state index is 0.102. The van der Waals surface area contributed by atoms with Gasteiger partial charge in [-0.2, -0.15) is 0 Å². The summed E-state index contributed by atoms with van der Waals surface area (Å²) in [6.45, 7) is 4.24. The number of nitrogens with two attached hydrogens (primary N) is 1. The molecule has 2 fully saturated rings. The Balaban J connectivity index is 1.87. The summed E-state index contributed by atoms with van der Waals surface area (Å²) in [4.78, 5) is 13.7. The van der Waals surface area contributed by atoms with Gasteiger partial charge in [0, 0.05) is 19.1 Å².